The zero-order valence-corrected chi connectivity index (χ0v) is 13.4. The van der Waals surface area contributed by atoms with Gasteiger partial charge in [0, 0.05) is 24.5 Å². The van der Waals surface area contributed by atoms with Crippen molar-refractivity contribution >= 4 is 11.6 Å². The summed E-state index contributed by atoms with van der Waals surface area (Å²) in [5, 5.41) is 6.25. The summed E-state index contributed by atoms with van der Waals surface area (Å²) in [4.78, 5) is 16.3. The predicted octanol–water partition coefficient (Wildman–Crippen LogP) is 3.26. The number of hydrogen-bond donors (Lipinski definition) is 2. The lowest BCUT2D eigenvalue weighted by Gasteiger charge is -2.22. The van der Waals surface area contributed by atoms with Gasteiger partial charge in [0.2, 0.25) is 0 Å². The van der Waals surface area contributed by atoms with Crippen molar-refractivity contribution < 1.29 is 4.79 Å². The van der Waals surface area contributed by atoms with E-state index >= 15 is 0 Å². The fourth-order valence-electron chi connectivity index (χ4n) is 2.13. The first-order chi connectivity index (χ1) is 10.4. The molecule has 0 aliphatic rings. The van der Waals surface area contributed by atoms with Crippen molar-refractivity contribution in [1.82, 2.24) is 10.3 Å². The highest BCUT2D eigenvalue weighted by Gasteiger charge is 2.11. The Balaban J connectivity index is 1.91. The summed E-state index contributed by atoms with van der Waals surface area (Å²) in [7, 11) is 0. The summed E-state index contributed by atoms with van der Waals surface area (Å²) >= 11 is 0. The van der Waals surface area contributed by atoms with Crippen LogP contribution in [-0.4, -0.2) is 23.0 Å². The molecular formula is C18H23N3O. The Hall–Kier alpha value is -2.36. The van der Waals surface area contributed by atoms with E-state index in [-0.39, 0.29) is 11.4 Å². The molecule has 1 amide bonds. The van der Waals surface area contributed by atoms with Crippen molar-refractivity contribution in [3.05, 3.63) is 59.9 Å². The third-order valence-corrected chi connectivity index (χ3v) is 3.06. The van der Waals surface area contributed by atoms with Crippen LogP contribution in [0.4, 0.5) is 5.69 Å². The zero-order valence-electron chi connectivity index (χ0n) is 13.4. The lowest BCUT2D eigenvalue weighted by molar-refractivity contribution is 0.0954. The molecule has 1 aromatic heterocycles. The van der Waals surface area contributed by atoms with Gasteiger partial charge in [0.15, 0.2) is 0 Å². The molecule has 116 valence electrons. The van der Waals surface area contributed by atoms with E-state index < -0.39 is 0 Å². The van der Waals surface area contributed by atoms with Crippen LogP contribution in [0.25, 0.3) is 0 Å². The average Bonchev–Trinajstić information content (AvgIpc) is 2.47. The van der Waals surface area contributed by atoms with Crippen LogP contribution in [0.2, 0.25) is 0 Å². The molecule has 0 aliphatic heterocycles. The molecule has 2 aromatic rings. The van der Waals surface area contributed by atoms with Crippen molar-refractivity contribution in [3.63, 3.8) is 0 Å². The number of amides is 1. The summed E-state index contributed by atoms with van der Waals surface area (Å²) in [6, 6.07) is 11.9. The van der Waals surface area contributed by atoms with Gasteiger partial charge in [-0.15, -0.1) is 0 Å². The van der Waals surface area contributed by atoms with Gasteiger partial charge >= 0.3 is 0 Å². The van der Waals surface area contributed by atoms with Crippen LogP contribution in [-0.2, 0) is 6.42 Å². The number of carbonyl (C=O) groups excluding carboxylic acids is 1. The minimum Gasteiger partial charge on any atom is -0.379 e. The summed E-state index contributed by atoms with van der Waals surface area (Å²) in [6.45, 7) is 6.82. The number of rotatable bonds is 5. The highest BCUT2D eigenvalue weighted by molar-refractivity contribution is 5.94. The minimum absolute atomic E-state index is 0.0654. The molecule has 0 unspecified atom stereocenters. The first-order valence-corrected chi connectivity index (χ1v) is 7.49. The first-order valence-electron chi connectivity index (χ1n) is 7.49. The molecule has 0 fully saturated rings. The van der Waals surface area contributed by atoms with Crippen molar-refractivity contribution in [2.24, 2.45) is 0 Å². The Kier molecular flexibility index (Phi) is 5.15. The molecule has 0 aliphatic carbocycles. The Morgan fingerprint density at radius 2 is 1.86 bits per heavy atom. The summed E-state index contributed by atoms with van der Waals surface area (Å²) in [5.74, 6) is -0.0963. The van der Waals surface area contributed by atoms with Crippen molar-refractivity contribution in [2.75, 3.05) is 11.9 Å². The molecule has 2 N–H and O–H groups in total. The van der Waals surface area contributed by atoms with Gasteiger partial charge in [-0.05, 0) is 38.8 Å². The molecular weight excluding hydrogens is 274 g/mol. The third kappa shape index (κ3) is 5.20. The molecule has 0 spiro atoms. The molecule has 4 nitrogen and oxygen atoms in total. The largest absolute Gasteiger partial charge is 0.379 e. The van der Waals surface area contributed by atoms with Gasteiger partial charge in [0.25, 0.3) is 5.91 Å². The maximum absolute atomic E-state index is 12.2. The molecule has 1 aromatic carbocycles. The molecule has 4 heteroatoms. The van der Waals surface area contributed by atoms with Crippen LogP contribution in [0.15, 0.2) is 48.8 Å². The number of nitrogens with zero attached hydrogens (tertiary/aromatic N) is 1. The lowest BCUT2D eigenvalue weighted by atomic mass is 10.1. The zero-order chi connectivity index (χ0) is 16.0. The van der Waals surface area contributed by atoms with Gasteiger partial charge in [0.1, 0.15) is 0 Å². The van der Waals surface area contributed by atoms with Crippen LogP contribution in [0.5, 0.6) is 0 Å². The molecule has 0 saturated carbocycles. The van der Waals surface area contributed by atoms with Gasteiger partial charge < -0.3 is 10.6 Å². The van der Waals surface area contributed by atoms with E-state index in [0.717, 1.165) is 12.1 Å². The van der Waals surface area contributed by atoms with Crippen LogP contribution < -0.4 is 10.6 Å². The molecule has 2 rings (SSSR count). The summed E-state index contributed by atoms with van der Waals surface area (Å²) in [5.41, 5.74) is 2.57. The Bertz CT molecular complexity index is 618. The Labute approximate surface area is 132 Å². The number of aromatic nitrogens is 1. The second-order valence-corrected chi connectivity index (χ2v) is 6.33. The number of hydrogen-bond acceptors (Lipinski definition) is 3. The van der Waals surface area contributed by atoms with Crippen molar-refractivity contribution in [2.45, 2.75) is 32.7 Å². The number of pyridine rings is 1. The highest BCUT2D eigenvalue weighted by Crippen LogP contribution is 2.14. The van der Waals surface area contributed by atoms with E-state index in [4.69, 9.17) is 0 Å². The number of carbonyl (C=O) groups is 1. The monoisotopic (exact) mass is 297 g/mol. The van der Waals surface area contributed by atoms with E-state index in [1.165, 1.54) is 5.56 Å². The lowest BCUT2D eigenvalue weighted by Crippen LogP contribution is -2.28. The molecule has 0 bridgehead atoms. The summed E-state index contributed by atoms with van der Waals surface area (Å²) in [6.07, 6.45) is 4.14. The second-order valence-electron chi connectivity index (χ2n) is 6.33. The first kappa shape index (κ1) is 16.0. The van der Waals surface area contributed by atoms with E-state index in [1.54, 1.807) is 12.4 Å². The van der Waals surface area contributed by atoms with Crippen LogP contribution in [0.1, 0.15) is 36.7 Å². The second kappa shape index (κ2) is 7.07. The van der Waals surface area contributed by atoms with E-state index in [2.05, 4.69) is 48.5 Å². The van der Waals surface area contributed by atoms with Crippen LogP contribution in [0.3, 0.4) is 0 Å². The number of anilines is 1. The number of benzene rings is 1. The van der Waals surface area contributed by atoms with E-state index in [1.807, 2.05) is 24.3 Å². The predicted molar refractivity (Wildman–Crippen MR) is 90.1 cm³/mol. The molecule has 0 saturated heterocycles. The Morgan fingerprint density at radius 3 is 2.55 bits per heavy atom. The summed E-state index contributed by atoms with van der Waals surface area (Å²) < 4.78 is 0. The smallest absolute Gasteiger partial charge is 0.252 e. The van der Waals surface area contributed by atoms with Crippen molar-refractivity contribution in [3.8, 4) is 0 Å². The third-order valence-electron chi connectivity index (χ3n) is 3.06. The van der Waals surface area contributed by atoms with Gasteiger partial charge in [-0.1, -0.05) is 30.3 Å². The standard InChI is InChI=1S/C18H23N3O/c1-18(2,3)21-16-11-15(12-19-13-16)17(22)20-10-9-14-7-5-4-6-8-14/h4-8,11-13,21H,9-10H2,1-3H3,(H,20,22). The molecule has 1 heterocycles. The molecule has 0 atom stereocenters. The quantitative estimate of drug-likeness (QED) is 0.890. The van der Waals surface area contributed by atoms with Gasteiger partial charge in [0.05, 0.1) is 11.3 Å². The maximum atomic E-state index is 12.2. The normalized spacial score (nSPS) is 11.0. The van der Waals surface area contributed by atoms with Gasteiger partial charge in [-0.25, -0.2) is 0 Å². The highest BCUT2D eigenvalue weighted by atomic mass is 16.1. The SMILES string of the molecule is CC(C)(C)Nc1cncc(C(=O)NCCc2ccccc2)c1. The van der Waals surface area contributed by atoms with Gasteiger partial charge in [-0.2, -0.15) is 0 Å². The topological polar surface area (TPSA) is 54.0 Å². The molecule has 0 radical (unpaired) electrons. The fourth-order valence-corrected chi connectivity index (χ4v) is 2.13. The van der Waals surface area contributed by atoms with Gasteiger partial charge in [-0.3, -0.25) is 9.78 Å². The molecule has 22 heavy (non-hydrogen) atoms. The minimum atomic E-state index is -0.0963. The fraction of sp³-hybridized carbons (Fsp3) is 0.333. The van der Waals surface area contributed by atoms with Crippen molar-refractivity contribution in [1.29, 1.82) is 0 Å². The van der Waals surface area contributed by atoms with Crippen LogP contribution >= 0.6 is 0 Å². The Morgan fingerprint density at radius 1 is 1.14 bits per heavy atom. The van der Waals surface area contributed by atoms with E-state index in [0.29, 0.717) is 12.1 Å². The van der Waals surface area contributed by atoms with E-state index in [9.17, 15) is 4.79 Å². The number of nitrogens with one attached hydrogen (secondary N) is 2. The maximum Gasteiger partial charge on any atom is 0.252 e. The average molecular weight is 297 g/mol. The van der Waals surface area contributed by atoms with Crippen LogP contribution in [0, 0.1) is 0 Å².